The number of hydrogen-bond donors (Lipinski definition) is 2. The van der Waals surface area contributed by atoms with Crippen molar-refractivity contribution in [3.8, 4) is 0 Å². The lowest BCUT2D eigenvalue weighted by Crippen LogP contribution is -2.45. The number of carbonyl (C=O) groups is 1. The standard InChI is InChI=1S/C21H21F2N3O/c22-13-1-4-16(5-2-13)26-8-7-15(11-26)24-21(27)25-20-18-10-12-9-14(23)3-6-17(12)19(18)20/h1-6,9,15,18-20H,7-8,10-11H2,(H2,24,25,27). The molecular weight excluding hydrogens is 348 g/mol. The van der Waals surface area contributed by atoms with E-state index in [1.165, 1.54) is 23.8 Å². The number of fused-ring (bicyclic) bond motifs is 3. The molecule has 1 saturated heterocycles. The van der Waals surface area contributed by atoms with Crippen LogP contribution in [0.15, 0.2) is 42.5 Å². The van der Waals surface area contributed by atoms with Crippen molar-refractivity contribution < 1.29 is 13.6 Å². The smallest absolute Gasteiger partial charge is 0.315 e. The minimum atomic E-state index is -0.244. The van der Waals surface area contributed by atoms with Gasteiger partial charge in [0.05, 0.1) is 0 Å². The average molecular weight is 369 g/mol. The van der Waals surface area contributed by atoms with Crippen molar-refractivity contribution in [3.05, 3.63) is 65.2 Å². The van der Waals surface area contributed by atoms with Crippen LogP contribution >= 0.6 is 0 Å². The highest BCUT2D eigenvalue weighted by Crippen LogP contribution is 2.56. The van der Waals surface area contributed by atoms with Crippen molar-refractivity contribution in [2.24, 2.45) is 5.92 Å². The number of nitrogens with zero attached hydrogens (tertiary/aromatic N) is 1. The molecule has 2 amide bonds. The summed E-state index contributed by atoms with van der Waals surface area (Å²) in [7, 11) is 0. The van der Waals surface area contributed by atoms with E-state index in [-0.39, 0.29) is 29.7 Å². The first-order chi connectivity index (χ1) is 13.1. The molecule has 140 valence electrons. The molecule has 2 fully saturated rings. The molecule has 6 heteroatoms. The Bertz CT molecular complexity index is 885. The summed E-state index contributed by atoms with van der Waals surface area (Å²) in [6.07, 6.45) is 1.70. The van der Waals surface area contributed by atoms with Crippen LogP contribution in [0.2, 0.25) is 0 Å². The first-order valence-electron chi connectivity index (χ1n) is 9.44. The summed E-state index contributed by atoms with van der Waals surface area (Å²) in [6, 6.07) is 11.5. The number of carbonyl (C=O) groups excluding carboxylic acids is 1. The maximum absolute atomic E-state index is 13.3. The average Bonchev–Trinajstić information content (AvgIpc) is 2.98. The molecule has 0 bridgehead atoms. The molecule has 4 unspecified atom stereocenters. The first kappa shape index (κ1) is 16.5. The molecular formula is C21H21F2N3O. The van der Waals surface area contributed by atoms with Gasteiger partial charge in [0.2, 0.25) is 0 Å². The van der Waals surface area contributed by atoms with Gasteiger partial charge < -0.3 is 15.5 Å². The molecule has 4 atom stereocenters. The van der Waals surface area contributed by atoms with E-state index in [9.17, 15) is 13.6 Å². The molecule has 3 aliphatic rings. The predicted molar refractivity (Wildman–Crippen MR) is 98.8 cm³/mol. The lowest BCUT2D eigenvalue weighted by atomic mass is 10.0. The van der Waals surface area contributed by atoms with E-state index in [0.29, 0.717) is 11.8 Å². The van der Waals surface area contributed by atoms with Gasteiger partial charge in [-0.2, -0.15) is 0 Å². The molecule has 2 N–H and O–H groups in total. The maximum atomic E-state index is 13.3. The second kappa shape index (κ2) is 6.22. The molecule has 2 aromatic carbocycles. The lowest BCUT2D eigenvalue weighted by molar-refractivity contribution is 0.236. The highest BCUT2D eigenvalue weighted by Gasteiger charge is 2.56. The first-order valence-corrected chi connectivity index (χ1v) is 9.44. The normalized spacial score (nSPS) is 27.9. The number of benzene rings is 2. The molecule has 1 aliphatic heterocycles. The van der Waals surface area contributed by atoms with Gasteiger partial charge in [-0.05, 0) is 66.3 Å². The summed E-state index contributed by atoms with van der Waals surface area (Å²) >= 11 is 0. The van der Waals surface area contributed by atoms with Crippen LogP contribution in [-0.4, -0.2) is 31.2 Å². The van der Waals surface area contributed by atoms with E-state index >= 15 is 0 Å². The number of anilines is 1. The van der Waals surface area contributed by atoms with Gasteiger partial charge in [-0.15, -0.1) is 0 Å². The third kappa shape index (κ3) is 3.03. The van der Waals surface area contributed by atoms with Crippen molar-refractivity contribution in [1.82, 2.24) is 10.6 Å². The SMILES string of the molecule is O=C(NC1CCN(c2ccc(F)cc2)C1)NC1C2Cc3cc(F)ccc3C21. The van der Waals surface area contributed by atoms with Gasteiger partial charge in [0, 0.05) is 36.8 Å². The molecule has 0 radical (unpaired) electrons. The fraction of sp³-hybridized carbons (Fsp3) is 0.381. The van der Waals surface area contributed by atoms with Crippen LogP contribution in [0.1, 0.15) is 23.5 Å². The zero-order chi connectivity index (χ0) is 18.5. The Labute approximate surface area is 156 Å². The summed E-state index contributed by atoms with van der Waals surface area (Å²) in [4.78, 5) is 14.5. The molecule has 4 nitrogen and oxygen atoms in total. The quantitative estimate of drug-likeness (QED) is 0.873. The molecule has 27 heavy (non-hydrogen) atoms. The third-order valence-electron chi connectivity index (χ3n) is 6.10. The van der Waals surface area contributed by atoms with E-state index in [4.69, 9.17) is 0 Å². The monoisotopic (exact) mass is 369 g/mol. The molecule has 5 rings (SSSR count). The molecule has 1 heterocycles. The zero-order valence-corrected chi connectivity index (χ0v) is 14.8. The second-order valence-electron chi connectivity index (χ2n) is 7.79. The van der Waals surface area contributed by atoms with Gasteiger partial charge in [-0.25, -0.2) is 13.6 Å². The molecule has 1 saturated carbocycles. The van der Waals surface area contributed by atoms with Crippen LogP contribution in [0, 0.1) is 17.6 Å². The highest BCUT2D eigenvalue weighted by atomic mass is 19.1. The van der Waals surface area contributed by atoms with Gasteiger partial charge in [0.15, 0.2) is 0 Å². The van der Waals surface area contributed by atoms with Crippen molar-refractivity contribution in [2.75, 3.05) is 18.0 Å². The van der Waals surface area contributed by atoms with Gasteiger partial charge in [0.25, 0.3) is 0 Å². The number of nitrogens with one attached hydrogen (secondary N) is 2. The number of rotatable bonds is 3. The number of amides is 2. The summed E-state index contributed by atoms with van der Waals surface area (Å²) in [5.74, 6) is 0.285. The summed E-state index contributed by atoms with van der Waals surface area (Å²) < 4.78 is 26.4. The summed E-state index contributed by atoms with van der Waals surface area (Å²) in [6.45, 7) is 1.56. The van der Waals surface area contributed by atoms with Gasteiger partial charge >= 0.3 is 6.03 Å². The second-order valence-corrected chi connectivity index (χ2v) is 7.79. The minimum absolute atomic E-state index is 0.0787. The van der Waals surface area contributed by atoms with Crippen LogP contribution < -0.4 is 15.5 Å². The van der Waals surface area contributed by atoms with E-state index < -0.39 is 0 Å². The largest absolute Gasteiger partial charge is 0.369 e. The van der Waals surface area contributed by atoms with Gasteiger partial charge in [-0.3, -0.25) is 0 Å². The lowest BCUT2D eigenvalue weighted by Gasteiger charge is -2.19. The van der Waals surface area contributed by atoms with Crippen molar-refractivity contribution >= 4 is 11.7 Å². The van der Waals surface area contributed by atoms with Crippen molar-refractivity contribution in [1.29, 1.82) is 0 Å². The fourth-order valence-corrected chi connectivity index (χ4v) is 4.72. The predicted octanol–water partition coefficient (Wildman–Crippen LogP) is 3.18. The Morgan fingerprint density at radius 2 is 1.81 bits per heavy atom. The van der Waals surface area contributed by atoms with Crippen LogP contribution in [0.25, 0.3) is 0 Å². The number of hydrogen-bond acceptors (Lipinski definition) is 2. The van der Waals surface area contributed by atoms with Crippen molar-refractivity contribution in [2.45, 2.75) is 30.8 Å². The van der Waals surface area contributed by atoms with E-state index in [1.807, 2.05) is 6.07 Å². The Kier molecular flexibility index (Phi) is 3.81. The summed E-state index contributed by atoms with van der Waals surface area (Å²) in [5.41, 5.74) is 3.23. The Morgan fingerprint density at radius 3 is 2.63 bits per heavy atom. The number of halogens is 2. The van der Waals surface area contributed by atoms with Crippen LogP contribution in [-0.2, 0) is 6.42 Å². The van der Waals surface area contributed by atoms with Gasteiger partial charge in [-0.1, -0.05) is 6.07 Å². The Morgan fingerprint density at radius 1 is 1.04 bits per heavy atom. The highest BCUT2D eigenvalue weighted by molar-refractivity contribution is 5.76. The van der Waals surface area contributed by atoms with Crippen LogP contribution in [0.3, 0.4) is 0 Å². The molecule has 0 aromatic heterocycles. The van der Waals surface area contributed by atoms with E-state index in [2.05, 4.69) is 15.5 Å². The minimum Gasteiger partial charge on any atom is -0.369 e. The van der Waals surface area contributed by atoms with Crippen molar-refractivity contribution in [3.63, 3.8) is 0 Å². The van der Waals surface area contributed by atoms with E-state index in [0.717, 1.165) is 37.2 Å². The van der Waals surface area contributed by atoms with Crippen LogP contribution in [0.5, 0.6) is 0 Å². The van der Waals surface area contributed by atoms with Crippen LogP contribution in [0.4, 0.5) is 19.3 Å². The Balaban J connectivity index is 1.14. The molecule has 2 aromatic rings. The molecule has 2 aliphatic carbocycles. The topological polar surface area (TPSA) is 44.4 Å². The maximum Gasteiger partial charge on any atom is 0.315 e. The third-order valence-corrected chi connectivity index (χ3v) is 6.10. The fourth-order valence-electron chi connectivity index (χ4n) is 4.72. The van der Waals surface area contributed by atoms with E-state index in [1.54, 1.807) is 18.2 Å². The molecule has 0 spiro atoms. The zero-order valence-electron chi connectivity index (χ0n) is 14.8. The summed E-state index contributed by atoms with van der Waals surface area (Å²) in [5, 5.41) is 6.15. The Hall–Kier alpha value is -2.63. The number of urea groups is 1. The van der Waals surface area contributed by atoms with Gasteiger partial charge in [0.1, 0.15) is 11.6 Å².